The minimum atomic E-state index is -0.536. The first-order valence-electron chi connectivity index (χ1n) is 4.36. The molecule has 0 saturated carbocycles. The van der Waals surface area contributed by atoms with E-state index in [0.717, 1.165) is 0 Å². The Balaban J connectivity index is 2.62. The van der Waals surface area contributed by atoms with Crippen molar-refractivity contribution in [1.82, 2.24) is 10.2 Å². The van der Waals surface area contributed by atoms with Crippen molar-refractivity contribution in [2.24, 2.45) is 0 Å². The summed E-state index contributed by atoms with van der Waals surface area (Å²) in [4.78, 5) is 10.2. The van der Waals surface area contributed by atoms with Crippen LogP contribution in [-0.4, -0.2) is 20.2 Å². The summed E-state index contributed by atoms with van der Waals surface area (Å²) in [6, 6.07) is 5.22. The van der Waals surface area contributed by atoms with Crippen LogP contribution in [0.4, 0.5) is 11.5 Å². The van der Waals surface area contributed by atoms with E-state index in [1.54, 1.807) is 0 Å². The molecule has 0 bridgehead atoms. The summed E-state index contributed by atoms with van der Waals surface area (Å²) in [5, 5.41) is 26.3. The average Bonchev–Trinajstić information content (AvgIpc) is 2.64. The number of aromatic hydroxyl groups is 1. The molecule has 0 aliphatic heterocycles. The number of benzene rings is 1. The lowest BCUT2D eigenvalue weighted by molar-refractivity contribution is -0.384. The van der Waals surface area contributed by atoms with Crippen LogP contribution in [0.5, 0.6) is 5.75 Å². The SMILES string of the molecule is Nc1cc(-c2cc(O)ccc2[N+](=O)[O-])[nH]n1. The number of hydrogen-bond acceptors (Lipinski definition) is 5. The number of aromatic amines is 1. The molecule has 0 unspecified atom stereocenters. The topological polar surface area (TPSA) is 118 Å². The lowest BCUT2D eigenvalue weighted by Gasteiger charge is -2.00. The lowest BCUT2D eigenvalue weighted by Crippen LogP contribution is -1.91. The highest BCUT2D eigenvalue weighted by Crippen LogP contribution is 2.32. The summed E-state index contributed by atoms with van der Waals surface area (Å²) in [5.74, 6) is 0.168. The normalized spacial score (nSPS) is 10.2. The van der Waals surface area contributed by atoms with Gasteiger partial charge >= 0.3 is 0 Å². The van der Waals surface area contributed by atoms with Crippen molar-refractivity contribution in [3.63, 3.8) is 0 Å². The van der Waals surface area contributed by atoms with Gasteiger partial charge in [0, 0.05) is 12.1 Å². The van der Waals surface area contributed by atoms with Crippen LogP contribution in [0, 0.1) is 10.1 Å². The molecule has 16 heavy (non-hydrogen) atoms. The van der Waals surface area contributed by atoms with Gasteiger partial charge in [-0.1, -0.05) is 0 Å². The number of rotatable bonds is 2. The van der Waals surface area contributed by atoms with E-state index in [1.807, 2.05) is 0 Å². The fraction of sp³-hybridized carbons (Fsp3) is 0. The number of hydrogen-bond donors (Lipinski definition) is 3. The molecule has 7 nitrogen and oxygen atoms in total. The molecule has 1 aromatic heterocycles. The number of nitrogens with zero attached hydrogens (tertiary/aromatic N) is 2. The molecule has 2 aromatic rings. The smallest absolute Gasteiger partial charge is 0.279 e. The van der Waals surface area contributed by atoms with E-state index < -0.39 is 4.92 Å². The second-order valence-electron chi connectivity index (χ2n) is 3.17. The number of anilines is 1. The van der Waals surface area contributed by atoms with Crippen LogP contribution in [0.25, 0.3) is 11.3 Å². The number of phenols is 1. The van der Waals surface area contributed by atoms with E-state index in [0.29, 0.717) is 5.69 Å². The third-order valence-corrected chi connectivity index (χ3v) is 2.06. The maximum Gasteiger partial charge on any atom is 0.279 e. The first-order valence-corrected chi connectivity index (χ1v) is 4.36. The Labute approximate surface area is 89.7 Å². The summed E-state index contributed by atoms with van der Waals surface area (Å²) in [6.45, 7) is 0. The number of nitro benzene ring substituents is 1. The van der Waals surface area contributed by atoms with E-state index in [1.165, 1.54) is 24.3 Å². The fourth-order valence-corrected chi connectivity index (χ4v) is 1.37. The molecular formula is C9H8N4O3. The molecule has 82 valence electrons. The Bertz CT molecular complexity index is 549. The second kappa shape index (κ2) is 3.54. The molecule has 0 atom stereocenters. The van der Waals surface area contributed by atoms with Crippen molar-refractivity contribution in [3.05, 3.63) is 34.4 Å². The number of phenolic OH excluding ortho intramolecular Hbond substituents is 1. The summed E-state index contributed by atoms with van der Waals surface area (Å²) in [7, 11) is 0. The highest BCUT2D eigenvalue weighted by molar-refractivity contribution is 5.73. The highest BCUT2D eigenvalue weighted by Gasteiger charge is 2.17. The zero-order valence-electron chi connectivity index (χ0n) is 8.04. The molecule has 0 spiro atoms. The van der Waals surface area contributed by atoms with Gasteiger partial charge in [0.05, 0.1) is 16.2 Å². The minimum absolute atomic E-state index is 0.0613. The number of nitrogens with two attached hydrogens (primary N) is 1. The molecule has 0 aliphatic rings. The Kier molecular flexibility index (Phi) is 2.20. The predicted octanol–water partition coefficient (Wildman–Crippen LogP) is 1.27. The molecule has 0 amide bonds. The third-order valence-electron chi connectivity index (χ3n) is 2.06. The maximum absolute atomic E-state index is 10.8. The number of nitro groups is 1. The molecule has 2 rings (SSSR count). The monoisotopic (exact) mass is 220 g/mol. The van der Waals surface area contributed by atoms with Gasteiger partial charge < -0.3 is 10.8 Å². The Morgan fingerprint density at radius 3 is 2.75 bits per heavy atom. The van der Waals surface area contributed by atoms with Crippen molar-refractivity contribution < 1.29 is 10.0 Å². The van der Waals surface area contributed by atoms with Gasteiger partial charge in [-0.25, -0.2) is 0 Å². The lowest BCUT2D eigenvalue weighted by atomic mass is 10.1. The Hall–Kier alpha value is -2.57. The maximum atomic E-state index is 10.8. The van der Waals surface area contributed by atoms with Crippen LogP contribution in [0.3, 0.4) is 0 Å². The molecule has 4 N–H and O–H groups in total. The minimum Gasteiger partial charge on any atom is -0.508 e. The number of aromatic nitrogens is 2. The van der Waals surface area contributed by atoms with Gasteiger partial charge in [0.2, 0.25) is 0 Å². The van der Waals surface area contributed by atoms with Crippen LogP contribution in [0.15, 0.2) is 24.3 Å². The number of nitrogen functional groups attached to an aromatic ring is 1. The van der Waals surface area contributed by atoms with Crippen LogP contribution in [0.1, 0.15) is 0 Å². The Morgan fingerprint density at radius 2 is 2.19 bits per heavy atom. The van der Waals surface area contributed by atoms with Gasteiger partial charge in [-0.05, 0) is 12.1 Å². The average molecular weight is 220 g/mol. The van der Waals surface area contributed by atoms with Crippen molar-refractivity contribution in [1.29, 1.82) is 0 Å². The molecular weight excluding hydrogens is 212 g/mol. The summed E-state index contributed by atoms with van der Waals surface area (Å²) >= 11 is 0. The van der Waals surface area contributed by atoms with Crippen molar-refractivity contribution in [3.8, 4) is 17.0 Å². The molecule has 0 radical (unpaired) electrons. The predicted molar refractivity (Wildman–Crippen MR) is 56.8 cm³/mol. The third kappa shape index (κ3) is 1.65. The van der Waals surface area contributed by atoms with Crippen LogP contribution >= 0.6 is 0 Å². The van der Waals surface area contributed by atoms with E-state index in [2.05, 4.69) is 10.2 Å². The first-order chi connectivity index (χ1) is 7.58. The van der Waals surface area contributed by atoms with Gasteiger partial charge in [-0.15, -0.1) is 0 Å². The van der Waals surface area contributed by atoms with Crippen molar-refractivity contribution in [2.45, 2.75) is 0 Å². The van der Waals surface area contributed by atoms with E-state index in [9.17, 15) is 15.2 Å². The largest absolute Gasteiger partial charge is 0.508 e. The summed E-state index contributed by atoms with van der Waals surface area (Å²) < 4.78 is 0. The van der Waals surface area contributed by atoms with E-state index in [-0.39, 0.29) is 22.8 Å². The zero-order chi connectivity index (χ0) is 11.7. The van der Waals surface area contributed by atoms with Crippen LogP contribution in [-0.2, 0) is 0 Å². The van der Waals surface area contributed by atoms with Crippen molar-refractivity contribution >= 4 is 11.5 Å². The summed E-state index contributed by atoms with van der Waals surface area (Å²) in [5.41, 5.74) is 5.92. The molecule has 0 aliphatic carbocycles. The van der Waals surface area contributed by atoms with E-state index in [4.69, 9.17) is 5.73 Å². The second-order valence-corrected chi connectivity index (χ2v) is 3.17. The Morgan fingerprint density at radius 1 is 1.44 bits per heavy atom. The van der Waals surface area contributed by atoms with Crippen LogP contribution < -0.4 is 5.73 Å². The van der Waals surface area contributed by atoms with Crippen LogP contribution in [0.2, 0.25) is 0 Å². The quantitative estimate of drug-likeness (QED) is 0.520. The molecule has 1 heterocycles. The number of H-pyrrole nitrogens is 1. The molecule has 0 fully saturated rings. The zero-order valence-corrected chi connectivity index (χ0v) is 8.04. The highest BCUT2D eigenvalue weighted by atomic mass is 16.6. The fourth-order valence-electron chi connectivity index (χ4n) is 1.37. The molecule has 7 heteroatoms. The van der Waals surface area contributed by atoms with Crippen molar-refractivity contribution in [2.75, 3.05) is 5.73 Å². The van der Waals surface area contributed by atoms with E-state index >= 15 is 0 Å². The van der Waals surface area contributed by atoms with Gasteiger partial charge in [0.1, 0.15) is 11.6 Å². The first kappa shape index (κ1) is 9.97. The van der Waals surface area contributed by atoms with Gasteiger partial charge in [0.25, 0.3) is 5.69 Å². The van der Waals surface area contributed by atoms with Gasteiger partial charge in [-0.3, -0.25) is 15.2 Å². The van der Waals surface area contributed by atoms with Gasteiger partial charge in [0.15, 0.2) is 0 Å². The van der Waals surface area contributed by atoms with Gasteiger partial charge in [-0.2, -0.15) is 5.10 Å². The standard InChI is InChI=1S/C9H8N4O3/c10-9-4-7(11-12-9)6-3-5(14)1-2-8(6)13(15)16/h1-4,14H,(H3,10,11,12). The summed E-state index contributed by atoms with van der Waals surface area (Å²) in [6.07, 6.45) is 0. The molecule has 0 saturated heterocycles. The molecule has 1 aromatic carbocycles. The number of nitrogens with one attached hydrogen (secondary N) is 1.